The van der Waals surface area contributed by atoms with E-state index in [0.29, 0.717) is 0 Å². The van der Waals surface area contributed by atoms with Crippen molar-refractivity contribution in [2.75, 3.05) is 0 Å². The van der Waals surface area contributed by atoms with Crippen LogP contribution in [0.4, 0.5) is 0 Å². The molecule has 0 radical (unpaired) electrons. The molecule has 0 heterocycles. The number of hydrogen-bond acceptors (Lipinski definition) is 2. The lowest BCUT2D eigenvalue weighted by Crippen LogP contribution is -2.16. The number of rotatable bonds is 3. The number of para-hydroxylation sites is 1. The van der Waals surface area contributed by atoms with Gasteiger partial charge < -0.3 is 4.84 Å². The Morgan fingerprint density at radius 2 is 1.93 bits per heavy atom. The molecule has 0 bridgehead atoms. The highest BCUT2D eigenvalue weighted by atomic mass is 16.6. The first-order valence-electron chi connectivity index (χ1n) is 5.49. The third kappa shape index (κ3) is 2.72. The zero-order valence-corrected chi connectivity index (χ0v) is 10.1. The average molecular weight is 207 g/mol. The maximum atomic E-state index is 5.38. The molecule has 0 saturated heterocycles. The fourth-order valence-corrected chi connectivity index (χ4v) is 1.78. The van der Waals surface area contributed by atoms with Crippen molar-refractivity contribution in [1.82, 2.24) is 0 Å². The maximum Gasteiger partial charge on any atom is 0.153 e. The molecule has 1 aromatic carbocycles. The van der Waals surface area contributed by atoms with Gasteiger partial charge >= 0.3 is 0 Å². The zero-order chi connectivity index (χ0) is 11.5. The Balaban J connectivity index is 3.22. The Morgan fingerprint density at radius 1 is 1.27 bits per heavy atom. The summed E-state index contributed by atoms with van der Waals surface area (Å²) in [5.74, 6) is 6.23. The molecular formula is C13H21NO. The van der Waals surface area contributed by atoms with Gasteiger partial charge in [0.1, 0.15) is 0 Å². The molecule has 2 heteroatoms. The summed E-state index contributed by atoms with van der Waals surface area (Å²) < 4.78 is 0. The quantitative estimate of drug-likeness (QED) is 0.772. The number of nitrogens with two attached hydrogens (primary N) is 1. The van der Waals surface area contributed by atoms with Crippen LogP contribution in [0.2, 0.25) is 0 Å². The summed E-state index contributed by atoms with van der Waals surface area (Å²) in [6, 6.07) is 6.25. The van der Waals surface area contributed by atoms with Gasteiger partial charge in [-0.1, -0.05) is 52.3 Å². The molecule has 1 aromatic rings. The maximum absolute atomic E-state index is 5.38. The number of aryl methyl sites for hydroxylation is 1. The summed E-state index contributed by atoms with van der Waals surface area (Å²) in [6.45, 7) is 8.66. The fraction of sp³-hybridized carbons (Fsp3) is 0.538. The van der Waals surface area contributed by atoms with Crippen molar-refractivity contribution in [3.63, 3.8) is 0 Å². The molecule has 0 unspecified atom stereocenters. The second kappa shape index (κ2) is 4.67. The van der Waals surface area contributed by atoms with Crippen LogP contribution in [0.5, 0.6) is 5.75 Å². The largest absolute Gasteiger partial charge is 0.411 e. The zero-order valence-electron chi connectivity index (χ0n) is 10.1. The van der Waals surface area contributed by atoms with Crippen LogP contribution in [-0.4, -0.2) is 0 Å². The normalized spacial score (nSPS) is 11.5. The summed E-state index contributed by atoms with van der Waals surface area (Å²) in [5, 5.41) is 0. The van der Waals surface area contributed by atoms with E-state index in [0.717, 1.165) is 18.6 Å². The second-order valence-corrected chi connectivity index (χ2v) is 4.91. The Labute approximate surface area is 92.4 Å². The highest BCUT2D eigenvalue weighted by Gasteiger charge is 2.20. The minimum Gasteiger partial charge on any atom is -0.411 e. The van der Waals surface area contributed by atoms with E-state index in [1.54, 1.807) is 0 Å². The first-order chi connectivity index (χ1) is 7.00. The lowest BCUT2D eigenvalue weighted by atomic mass is 9.85. The van der Waals surface area contributed by atoms with E-state index in [4.69, 9.17) is 10.7 Å². The fourth-order valence-electron chi connectivity index (χ4n) is 1.78. The summed E-state index contributed by atoms with van der Waals surface area (Å²) in [6.07, 6.45) is 2.11. The standard InChI is InChI=1S/C13H21NO/c1-5-7-10-8-6-9-11(12(10)15-14)13(2,3)4/h6,8-9H,5,7,14H2,1-4H3. The Kier molecular flexibility index (Phi) is 3.75. The highest BCUT2D eigenvalue weighted by Crippen LogP contribution is 2.33. The second-order valence-electron chi connectivity index (χ2n) is 4.91. The van der Waals surface area contributed by atoms with Crippen LogP contribution in [0.3, 0.4) is 0 Å². The van der Waals surface area contributed by atoms with Crippen molar-refractivity contribution in [2.45, 2.75) is 46.0 Å². The van der Waals surface area contributed by atoms with Gasteiger partial charge in [0.15, 0.2) is 5.75 Å². The lowest BCUT2D eigenvalue weighted by molar-refractivity contribution is 0.320. The highest BCUT2D eigenvalue weighted by molar-refractivity contribution is 5.45. The minimum absolute atomic E-state index is 0.0679. The number of hydrogen-bond donors (Lipinski definition) is 1. The van der Waals surface area contributed by atoms with Crippen molar-refractivity contribution in [3.05, 3.63) is 29.3 Å². The van der Waals surface area contributed by atoms with Crippen LogP contribution in [0.1, 0.15) is 45.2 Å². The SMILES string of the molecule is CCCc1cccc(C(C)(C)C)c1ON. The molecule has 0 atom stereocenters. The van der Waals surface area contributed by atoms with Crippen molar-refractivity contribution < 1.29 is 4.84 Å². The van der Waals surface area contributed by atoms with Crippen molar-refractivity contribution in [3.8, 4) is 5.75 Å². The summed E-state index contributed by atoms with van der Waals surface area (Å²) in [5.41, 5.74) is 2.45. The van der Waals surface area contributed by atoms with E-state index in [9.17, 15) is 0 Å². The molecule has 0 amide bonds. The topological polar surface area (TPSA) is 35.2 Å². The van der Waals surface area contributed by atoms with Crippen molar-refractivity contribution in [1.29, 1.82) is 0 Å². The van der Waals surface area contributed by atoms with E-state index in [2.05, 4.69) is 45.9 Å². The van der Waals surface area contributed by atoms with Gasteiger partial charge in [-0.2, -0.15) is 5.90 Å². The molecule has 2 nitrogen and oxygen atoms in total. The summed E-state index contributed by atoms with van der Waals surface area (Å²) >= 11 is 0. The molecular weight excluding hydrogens is 186 g/mol. The van der Waals surface area contributed by atoms with Crippen LogP contribution in [0, 0.1) is 0 Å². The molecule has 0 spiro atoms. The van der Waals surface area contributed by atoms with Gasteiger partial charge in [0.05, 0.1) is 0 Å². The Bertz CT molecular complexity index is 326. The van der Waals surface area contributed by atoms with Gasteiger partial charge in [-0.3, -0.25) is 0 Å². The predicted molar refractivity (Wildman–Crippen MR) is 64.0 cm³/mol. The van der Waals surface area contributed by atoms with E-state index in [1.165, 1.54) is 11.1 Å². The van der Waals surface area contributed by atoms with Gasteiger partial charge in [-0.25, -0.2) is 0 Å². The average Bonchev–Trinajstić information content (AvgIpc) is 2.16. The smallest absolute Gasteiger partial charge is 0.153 e. The molecule has 2 N–H and O–H groups in total. The molecule has 0 aliphatic heterocycles. The monoisotopic (exact) mass is 207 g/mol. The van der Waals surface area contributed by atoms with Crippen LogP contribution in [0.25, 0.3) is 0 Å². The van der Waals surface area contributed by atoms with Gasteiger partial charge in [0.2, 0.25) is 0 Å². The van der Waals surface area contributed by atoms with E-state index < -0.39 is 0 Å². The predicted octanol–water partition coefficient (Wildman–Crippen LogP) is 3.19. The van der Waals surface area contributed by atoms with Crippen LogP contribution in [0.15, 0.2) is 18.2 Å². The van der Waals surface area contributed by atoms with Crippen LogP contribution in [-0.2, 0) is 11.8 Å². The minimum atomic E-state index is 0.0679. The van der Waals surface area contributed by atoms with Gasteiger partial charge in [0.25, 0.3) is 0 Å². The molecule has 0 saturated carbocycles. The van der Waals surface area contributed by atoms with Gasteiger partial charge in [0, 0.05) is 5.56 Å². The molecule has 0 fully saturated rings. The molecule has 1 rings (SSSR count). The third-order valence-electron chi connectivity index (χ3n) is 2.54. The summed E-state index contributed by atoms with van der Waals surface area (Å²) in [4.78, 5) is 5.06. The Hall–Kier alpha value is -1.02. The van der Waals surface area contributed by atoms with E-state index in [-0.39, 0.29) is 5.41 Å². The number of benzene rings is 1. The van der Waals surface area contributed by atoms with Crippen LogP contribution < -0.4 is 10.7 Å². The van der Waals surface area contributed by atoms with Crippen LogP contribution >= 0.6 is 0 Å². The van der Waals surface area contributed by atoms with E-state index >= 15 is 0 Å². The van der Waals surface area contributed by atoms with Gasteiger partial charge in [-0.15, -0.1) is 0 Å². The van der Waals surface area contributed by atoms with Gasteiger partial charge in [-0.05, 0) is 17.4 Å². The molecule has 84 valence electrons. The first kappa shape index (κ1) is 12.1. The van der Waals surface area contributed by atoms with E-state index in [1.807, 2.05) is 0 Å². The molecule has 15 heavy (non-hydrogen) atoms. The first-order valence-corrected chi connectivity index (χ1v) is 5.49. The molecule has 0 aliphatic rings. The summed E-state index contributed by atoms with van der Waals surface area (Å²) in [7, 11) is 0. The van der Waals surface area contributed by atoms with Crippen molar-refractivity contribution >= 4 is 0 Å². The molecule has 0 aromatic heterocycles. The Morgan fingerprint density at radius 3 is 2.40 bits per heavy atom. The van der Waals surface area contributed by atoms with Crippen molar-refractivity contribution in [2.24, 2.45) is 5.90 Å². The molecule has 0 aliphatic carbocycles. The lowest BCUT2D eigenvalue weighted by Gasteiger charge is -2.23. The third-order valence-corrected chi connectivity index (χ3v) is 2.54.